The Balaban J connectivity index is 2.13. The van der Waals surface area contributed by atoms with Gasteiger partial charge < -0.3 is 4.90 Å². The predicted octanol–water partition coefficient (Wildman–Crippen LogP) is 3.25. The fourth-order valence-electron chi connectivity index (χ4n) is 3.59. The van der Waals surface area contributed by atoms with Crippen LogP contribution in [0.25, 0.3) is 0 Å². The van der Waals surface area contributed by atoms with Crippen LogP contribution in [0.15, 0.2) is 0 Å². The lowest BCUT2D eigenvalue weighted by molar-refractivity contribution is -0.142. The third-order valence-corrected chi connectivity index (χ3v) is 4.70. The third-order valence-electron chi connectivity index (χ3n) is 4.70. The van der Waals surface area contributed by atoms with Crippen LogP contribution in [0, 0.1) is 16.7 Å². The highest BCUT2D eigenvalue weighted by atomic mass is 16.2. The Morgan fingerprint density at radius 1 is 1.22 bits per heavy atom. The van der Waals surface area contributed by atoms with Crippen molar-refractivity contribution in [1.82, 2.24) is 4.90 Å². The summed E-state index contributed by atoms with van der Waals surface area (Å²) in [5.41, 5.74) is -0.698. The molecule has 2 aliphatic rings. The molecule has 0 unspecified atom stereocenters. The molecule has 18 heavy (non-hydrogen) atoms. The van der Waals surface area contributed by atoms with E-state index in [4.69, 9.17) is 0 Å². The molecule has 0 saturated heterocycles. The molecule has 0 aromatic rings. The van der Waals surface area contributed by atoms with Gasteiger partial charge in [-0.05, 0) is 32.6 Å². The van der Waals surface area contributed by atoms with Gasteiger partial charge in [0.1, 0.15) is 5.41 Å². The summed E-state index contributed by atoms with van der Waals surface area (Å²) in [6.07, 6.45) is 9.48. The van der Waals surface area contributed by atoms with Crippen LogP contribution >= 0.6 is 0 Å². The lowest BCUT2D eigenvalue weighted by Crippen LogP contribution is -2.48. The molecule has 0 aromatic carbocycles. The third kappa shape index (κ3) is 2.39. The number of nitrogens with zero attached hydrogens (tertiary/aromatic N) is 2. The van der Waals surface area contributed by atoms with Crippen LogP contribution in [0.2, 0.25) is 0 Å². The first kappa shape index (κ1) is 13.4. The molecule has 2 fully saturated rings. The van der Waals surface area contributed by atoms with Gasteiger partial charge in [0.2, 0.25) is 5.91 Å². The predicted molar refractivity (Wildman–Crippen MR) is 70.8 cm³/mol. The summed E-state index contributed by atoms with van der Waals surface area (Å²) >= 11 is 0. The summed E-state index contributed by atoms with van der Waals surface area (Å²) in [6.45, 7) is 2.80. The number of hydrogen-bond donors (Lipinski definition) is 0. The zero-order chi connectivity index (χ0) is 13.0. The first-order valence-electron chi connectivity index (χ1n) is 7.46. The van der Waals surface area contributed by atoms with E-state index in [2.05, 4.69) is 6.07 Å². The number of rotatable bonds is 3. The van der Waals surface area contributed by atoms with Crippen LogP contribution in [-0.4, -0.2) is 23.4 Å². The molecule has 0 radical (unpaired) electrons. The van der Waals surface area contributed by atoms with Crippen molar-refractivity contribution in [2.24, 2.45) is 5.41 Å². The van der Waals surface area contributed by atoms with Crippen molar-refractivity contribution in [1.29, 1.82) is 5.26 Å². The first-order chi connectivity index (χ1) is 8.73. The van der Waals surface area contributed by atoms with E-state index < -0.39 is 5.41 Å². The highest BCUT2D eigenvalue weighted by Gasteiger charge is 2.43. The highest BCUT2D eigenvalue weighted by Crippen LogP contribution is 2.39. The number of carbonyl (C=O) groups is 1. The SMILES string of the molecule is CCN(C(=O)C1(C#N)CCCCC1)C1CCCC1. The first-order valence-corrected chi connectivity index (χ1v) is 7.46. The lowest BCUT2D eigenvalue weighted by atomic mass is 9.74. The molecule has 2 saturated carbocycles. The molecule has 0 aromatic heterocycles. The van der Waals surface area contributed by atoms with Gasteiger partial charge in [-0.1, -0.05) is 32.1 Å². The fraction of sp³-hybridized carbons (Fsp3) is 0.867. The molecule has 1 amide bonds. The second-order valence-corrected chi connectivity index (χ2v) is 5.78. The van der Waals surface area contributed by atoms with Gasteiger partial charge in [0, 0.05) is 12.6 Å². The molecule has 0 aliphatic heterocycles. The molecule has 0 bridgehead atoms. The summed E-state index contributed by atoms with van der Waals surface area (Å²) in [5.74, 6) is 0.124. The van der Waals surface area contributed by atoms with Crippen LogP contribution in [0.4, 0.5) is 0 Å². The molecule has 0 spiro atoms. The summed E-state index contributed by atoms with van der Waals surface area (Å²) in [4.78, 5) is 14.8. The Hall–Kier alpha value is -1.04. The van der Waals surface area contributed by atoms with Crippen LogP contribution < -0.4 is 0 Å². The van der Waals surface area contributed by atoms with Crippen molar-refractivity contribution < 1.29 is 4.79 Å². The van der Waals surface area contributed by atoms with E-state index in [9.17, 15) is 10.1 Å². The second-order valence-electron chi connectivity index (χ2n) is 5.78. The van der Waals surface area contributed by atoms with E-state index in [0.717, 1.165) is 45.1 Å². The van der Waals surface area contributed by atoms with E-state index in [1.165, 1.54) is 19.3 Å². The van der Waals surface area contributed by atoms with Crippen molar-refractivity contribution in [3.8, 4) is 6.07 Å². The van der Waals surface area contributed by atoms with E-state index in [0.29, 0.717) is 6.04 Å². The number of carbonyl (C=O) groups excluding carboxylic acids is 1. The molecule has 3 heteroatoms. The van der Waals surface area contributed by atoms with Crippen molar-refractivity contribution in [3.63, 3.8) is 0 Å². The Morgan fingerprint density at radius 3 is 2.33 bits per heavy atom. The summed E-state index contributed by atoms with van der Waals surface area (Å²) in [5, 5.41) is 9.50. The smallest absolute Gasteiger partial charge is 0.243 e. The maximum atomic E-state index is 12.8. The number of nitriles is 1. The van der Waals surface area contributed by atoms with Crippen molar-refractivity contribution in [2.75, 3.05) is 6.54 Å². The molecule has 0 atom stereocenters. The van der Waals surface area contributed by atoms with Gasteiger partial charge in [0.15, 0.2) is 0 Å². The topological polar surface area (TPSA) is 44.1 Å². The van der Waals surface area contributed by atoms with Crippen molar-refractivity contribution >= 4 is 5.91 Å². The molecule has 2 rings (SSSR count). The summed E-state index contributed by atoms with van der Waals surface area (Å²) in [7, 11) is 0. The minimum absolute atomic E-state index is 0.124. The van der Waals surface area contributed by atoms with E-state index in [1.807, 2.05) is 11.8 Å². The number of amides is 1. The van der Waals surface area contributed by atoms with Crippen LogP contribution in [0.1, 0.15) is 64.7 Å². The zero-order valence-electron chi connectivity index (χ0n) is 11.5. The van der Waals surface area contributed by atoms with Crippen molar-refractivity contribution in [3.05, 3.63) is 0 Å². The van der Waals surface area contributed by atoms with E-state index in [-0.39, 0.29) is 5.91 Å². The zero-order valence-corrected chi connectivity index (χ0v) is 11.5. The molecule has 3 nitrogen and oxygen atoms in total. The lowest BCUT2D eigenvalue weighted by Gasteiger charge is -2.37. The van der Waals surface area contributed by atoms with Crippen LogP contribution in [-0.2, 0) is 4.79 Å². The van der Waals surface area contributed by atoms with Gasteiger partial charge in [0.25, 0.3) is 0 Å². The highest BCUT2D eigenvalue weighted by molar-refractivity contribution is 5.86. The average molecular weight is 248 g/mol. The summed E-state index contributed by atoms with van der Waals surface area (Å²) < 4.78 is 0. The Bertz CT molecular complexity index is 333. The summed E-state index contributed by atoms with van der Waals surface area (Å²) in [6, 6.07) is 2.76. The molecule has 100 valence electrons. The van der Waals surface area contributed by atoms with Gasteiger partial charge >= 0.3 is 0 Å². The van der Waals surface area contributed by atoms with Gasteiger partial charge in [0.05, 0.1) is 6.07 Å². The molecular formula is C15H24N2O. The maximum Gasteiger partial charge on any atom is 0.243 e. The number of hydrogen-bond acceptors (Lipinski definition) is 2. The van der Waals surface area contributed by atoms with E-state index in [1.54, 1.807) is 0 Å². The molecule has 2 aliphatic carbocycles. The molecular weight excluding hydrogens is 224 g/mol. The van der Waals surface area contributed by atoms with Crippen molar-refractivity contribution in [2.45, 2.75) is 70.8 Å². The monoisotopic (exact) mass is 248 g/mol. The molecule has 0 N–H and O–H groups in total. The maximum absolute atomic E-state index is 12.8. The largest absolute Gasteiger partial charge is 0.339 e. The Kier molecular flexibility index (Phi) is 4.27. The van der Waals surface area contributed by atoms with Gasteiger partial charge in [-0.2, -0.15) is 5.26 Å². The standard InChI is InChI=1S/C15H24N2O/c1-2-17(13-8-4-5-9-13)14(18)15(12-16)10-6-3-7-11-15/h13H,2-11H2,1H3. The minimum Gasteiger partial charge on any atom is -0.339 e. The van der Waals surface area contributed by atoms with Crippen LogP contribution in [0.3, 0.4) is 0 Å². The average Bonchev–Trinajstić information content (AvgIpc) is 2.94. The van der Waals surface area contributed by atoms with Gasteiger partial charge in [-0.3, -0.25) is 4.79 Å². The Morgan fingerprint density at radius 2 is 1.83 bits per heavy atom. The van der Waals surface area contributed by atoms with Crippen LogP contribution in [0.5, 0.6) is 0 Å². The van der Waals surface area contributed by atoms with Gasteiger partial charge in [-0.15, -0.1) is 0 Å². The normalized spacial score (nSPS) is 23.6. The second kappa shape index (κ2) is 5.73. The molecule has 0 heterocycles. The van der Waals surface area contributed by atoms with Gasteiger partial charge in [-0.25, -0.2) is 0 Å². The Labute approximate surface area is 110 Å². The van der Waals surface area contributed by atoms with E-state index >= 15 is 0 Å². The quantitative estimate of drug-likeness (QED) is 0.769. The fourth-order valence-corrected chi connectivity index (χ4v) is 3.59. The minimum atomic E-state index is -0.698.